The largest absolute Gasteiger partial charge is 0.537 e. The molecule has 1 aromatic heterocycles. The minimum atomic E-state index is -2.49. The molecule has 2 aliphatic rings. The molecule has 3 rings (SSSR count). The Kier molecular flexibility index (Phi) is 2.22. The third-order valence-electron chi connectivity index (χ3n) is 3.33. The molecule has 1 saturated heterocycles. The van der Waals surface area contributed by atoms with Gasteiger partial charge in [0.1, 0.15) is 5.75 Å². The topological polar surface area (TPSA) is 58.5 Å². The summed E-state index contributed by atoms with van der Waals surface area (Å²) < 4.78 is 30.7. The molecule has 2 heterocycles. The first-order valence-electron chi connectivity index (χ1n) is 5.31. The summed E-state index contributed by atoms with van der Waals surface area (Å²) in [6.45, 7) is 0.607. The maximum Gasteiger partial charge on any atom is 0.504 e. The number of halogens is 2. The molecule has 1 saturated carbocycles. The van der Waals surface area contributed by atoms with Crippen molar-refractivity contribution in [1.29, 1.82) is 0 Å². The van der Waals surface area contributed by atoms with Crippen LogP contribution in [0.1, 0.15) is 0 Å². The second-order valence-electron chi connectivity index (χ2n) is 4.28. The molecule has 2 fully saturated rings. The summed E-state index contributed by atoms with van der Waals surface area (Å²) >= 11 is 0. The summed E-state index contributed by atoms with van der Waals surface area (Å²) in [7, 11) is -0.442. The van der Waals surface area contributed by atoms with Gasteiger partial charge in [-0.3, -0.25) is 0 Å². The van der Waals surface area contributed by atoms with Gasteiger partial charge in [-0.1, -0.05) is 0 Å². The van der Waals surface area contributed by atoms with Gasteiger partial charge < -0.3 is 14.6 Å². The van der Waals surface area contributed by atoms with Crippen molar-refractivity contribution in [2.45, 2.75) is 5.92 Å². The van der Waals surface area contributed by atoms with E-state index in [4.69, 9.17) is 9.68 Å². The van der Waals surface area contributed by atoms with Gasteiger partial charge in [-0.25, -0.2) is 18.7 Å². The van der Waals surface area contributed by atoms with Crippen LogP contribution in [0.25, 0.3) is 0 Å². The van der Waals surface area contributed by atoms with Crippen molar-refractivity contribution in [2.24, 2.45) is 11.8 Å². The van der Waals surface area contributed by atoms with Crippen molar-refractivity contribution in [3.05, 3.63) is 12.4 Å². The summed E-state index contributed by atoms with van der Waals surface area (Å²) in [4.78, 5) is 9.78. The Hall–Kier alpha value is -1.44. The average molecular weight is 241 g/mol. The summed E-state index contributed by atoms with van der Waals surface area (Å²) in [5.41, 5.74) is 0. The number of fused-ring (bicyclic) bond motifs is 1. The van der Waals surface area contributed by atoms with Crippen LogP contribution < -0.4 is 9.55 Å². The number of piperidine rings is 1. The SMILES string of the molecule is OBOc1cnc(N2CC3C(C2)C3(F)F)nc1. The van der Waals surface area contributed by atoms with Gasteiger partial charge >= 0.3 is 7.69 Å². The zero-order valence-corrected chi connectivity index (χ0v) is 8.88. The Bertz CT molecular complexity index is 417. The predicted octanol–water partition coefficient (Wildman–Crippen LogP) is -0.185. The van der Waals surface area contributed by atoms with Crippen LogP contribution >= 0.6 is 0 Å². The first kappa shape index (κ1) is 10.7. The van der Waals surface area contributed by atoms with Gasteiger partial charge in [-0.15, -0.1) is 0 Å². The monoisotopic (exact) mass is 241 g/mol. The van der Waals surface area contributed by atoms with Crippen molar-refractivity contribution >= 4 is 13.6 Å². The number of anilines is 1. The summed E-state index contributed by atoms with van der Waals surface area (Å²) in [6.07, 6.45) is 2.83. The van der Waals surface area contributed by atoms with Crippen LogP contribution in [0.4, 0.5) is 14.7 Å². The molecule has 5 nitrogen and oxygen atoms in total. The highest BCUT2D eigenvalue weighted by atomic mass is 19.3. The zero-order valence-electron chi connectivity index (χ0n) is 8.88. The normalized spacial score (nSPS) is 28.8. The van der Waals surface area contributed by atoms with Crippen LogP contribution in [-0.4, -0.2) is 41.7 Å². The number of hydrogen-bond donors (Lipinski definition) is 1. The van der Waals surface area contributed by atoms with Gasteiger partial charge in [0, 0.05) is 13.1 Å². The van der Waals surface area contributed by atoms with E-state index in [0.29, 0.717) is 24.8 Å². The quantitative estimate of drug-likeness (QED) is 0.743. The third kappa shape index (κ3) is 1.63. The highest BCUT2D eigenvalue weighted by molar-refractivity contribution is 6.17. The van der Waals surface area contributed by atoms with Gasteiger partial charge in [-0.05, 0) is 0 Å². The van der Waals surface area contributed by atoms with Crippen LogP contribution in [0.3, 0.4) is 0 Å². The lowest BCUT2D eigenvalue weighted by atomic mass is 10.4. The molecule has 90 valence electrons. The number of aromatic nitrogens is 2. The Balaban J connectivity index is 1.67. The summed E-state index contributed by atoms with van der Waals surface area (Å²) in [5.74, 6) is -2.79. The fraction of sp³-hybridized carbons (Fsp3) is 0.556. The summed E-state index contributed by atoms with van der Waals surface area (Å²) in [5, 5.41) is 8.53. The van der Waals surface area contributed by atoms with E-state index in [1.807, 2.05) is 0 Å². The molecule has 0 bridgehead atoms. The predicted molar refractivity (Wildman–Crippen MR) is 56.2 cm³/mol. The molecule has 1 aliphatic heterocycles. The standard InChI is InChI=1S/C9H10BF2N3O2/c11-9(12)6-3-15(4-7(6)9)8-13-1-5(2-14-8)17-10-16/h1-2,6-7,10,16H,3-4H2. The van der Waals surface area contributed by atoms with E-state index in [0.717, 1.165) is 0 Å². The molecule has 1 aliphatic carbocycles. The van der Waals surface area contributed by atoms with Gasteiger partial charge in [-0.2, -0.15) is 0 Å². The van der Waals surface area contributed by atoms with Gasteiger partial charge in [0.15, 0.2) is 0 Å². The molecule has 17 heavy (non-hydrogen) atoms. The fourth-order valence-electron chi connectivity index (χ4n) is 2.29. The molecule has 8 heteroatoms. The molecule has 1 aromatic rings. The lowest BCUT2D eigenvalue weighted by Crippen LogP contribution is -2.28. The van der Waals surface area contributed by atoms with E-state index in [1.54, 1.807) is 4.90 Å². The Labute approximate surface area is 96.7 Å². The lowest BCUT2D eigenvalue weighted by Gasteiger charge is -2.19. The van der Waals surface area contributed by atoms with E-state index in [-0.39, 0.29) is 0 Å². The number of alkyl halides is 2. The molecular formula is C9H10BF2N3O2. The van der Waals surface area contributed by atoms with Gasteiger partial charge in [0.05, 0.1) is 24.2 Å². The molecule has 0 spiro atoms. The smallest absolute Gasteiger partial charge is 0.504 e. The average Bonchev–Trinajstić information content (AvgIpc) is 2.69. The first-order chi connectivity index (χ1) is 8.13. The van der Waals surface area contributed by atoms with Crippen LogP contribution in [0.2, 0.25) is 0 Å². The molecule has 1 N–H and O–H groups in total. The molecule has 2 atom stereocenters. The van der Waals surface area contributed by atoms with E-state index in [9.17, 15) is 8.78 Å². The first-order valence-corrected chi connectivity index (χ1v) is 5.31. The second-order valence-corrected chi connectivity index (χ2v) is 4.28. The number of hydrogen-bond acceptors (Lipinski definition) is 5. The Morgan fingerprint density at radius 1 is 1.35 bits per heavy atom. The maximum absolute atomic E-state index is 13.0. The van der Waals surface area contributed by atoms with Crippen molar-refractivity contribution in [3.63, 3.8) is 0 Å². The second kappa shape index (κ2) is 3.53. The highest BCUT2D eigenvalue weighted by Gasteiger charge is 2.71. The highest BCUT2D eigenvalue weighted by Crippen LogP contribution is 2.59. The Morgan fingerprint density at radius 3 is 2.47 bits per heavy atom. The minimum absolute atomic E-state index is 0.303. The van der Waals surface area contributed by atoms with Crippen molar-refractivity contribution in [3.8, 4) is 5.75 Å². The van der Waals surface area contributed by atoms with E-state index < -0.39 is 25.4 Å². The van der Waals surface area contributed by atoms with E-state index in [2.05, 4.69) is 9.97 Å². The van der Waals surface area contributed by atoms with E-state index in [1.165, 1.54) is 12.4 Å². The lowest BCUT2D eigenvalue weighted by molar-refractivity contribution is 0.0796. The maximum atomic E-state index is 13.0. The third-order valence-corrected chi connectivity index (χ3v) is 3.33. The van der Waals surface area contributed by atoms with Crippen molar-refractivity contribution in [1.82, 2.24) is 9.97 Å². The van der Waals surface area contributed by atoms with Crippen LogP contribution in [-0.2, 0) is 0 Å². The van der Waals surface area contributed by atoms with Crippen LogP contribution in [0.5, 0.6) is 5.75 Å². The molecule has 0 aromatic carbocycles. The minimum Gasteiger partial charge on any atom is -0.537 e. The summed E-state index contributed by atoms with van der Waals surface area (Å²) in [6, 6.07) is 0. The number of nitrogens with zero attached hydrogens (tertiary/aromatic N) is 3. The number of rotatable bonds is 3. The van der Waals surface area contributed by atoms with Crippen LogP contribution in [0, 0.1) is 11.8 Å². The molecule has 0 radical (unpaired) electrons. The molecule has 2 unspecified atom stereocenters. The fourth-order valence-corrected chi connectivity index (χ4v) is 2.29. The van der Waals surface area contributed by atoms with Gasteiger partial charge in [0.25, 0.3) is 5.92 Å². The van der Waals surface area contributed by atoms with Crippen LogP contribution in [0.15, 0.2) is 12.4 Å². The zero-order chi connectivity index (χ0) is 12.0. The molecular weight excluding hydrogens is 231 g/mol. The van der Waals surface area contributed by atoms with Crippen molar-refractivity contribution in [2.75, 3.05) is 18.0 Å². The van der Waals surface area contributed by atoms with Crippen molar-refractivity contribution < 1.29 is 18.5 Å². The van der Waals surface area contributed by atoms with E-state index >= 15 is 0 Å². The van der Waals surface area contributed by atoms with Gasteiger partial charge in [0.2, 0.25) is 5.95 Å². The Morgan fingerprint density at radius 2 is 1.94 bits per heavy atom. The molecule has 0 amide bonds.